The summed E-state index contributed by atoms with van der Waals surface area (Å²) in [6, 6.07) is 12.2. The Hall–Kier alpha value is -1.46. The van der Waals surface area contributed by atoms with Gasteiger partial charge in [0.1, 0.15) is 0 Å². The van der Waals surface area contributed by atoms with Crippen LogP contribution in [0.3, 0.4) is 0 Å². The molecule has 0 fully saturated rings. The summed E-state index contributed by atoms with van der Waals surface area (Å²) < 4.78 is 7.66. The molecular weight excluding hydrogens is 387 g/mol. The minimum Gasteiger partial charge on any atom is -0.380 e. The normalized spacial score (nSPS) is 11.1. The Kier molecular flexibility index (Phi) is 6.65. The zero-order valence-corrected chi connectivity index (χ0v) is 17.0. The van der Waals surface area contributed by atoms with Crippen LogP contribution in [-0.2, 0) is 23.8 Å². The van der Waals surface area contributed by atoms with E-state index >= 15 is 0 Å². The maximum Gasteiger partial charge on any atom is 0.0805 e. The van der Waals surface area contributed by atoms with Crippen molar-refractivity contribution in [3.8, 4) is 0 Å². The van der Waals surface area contributed by atoms with Gasteiger partial charge < -0.3 is 9.30 Å². The molecule has 0 saturated heterocycles. The lowest BCUT2D eigenvalue weighted by atomic mass is 10.2. The predicted molar refractivity (Wildman–Crippen MR) is 108 cm³/mol. The number of hydrogen-bond acceptors (Lipinski definition) is 3. The minimum atomic E-state index is 0.445. The number of halogens is 2. The van der Waals surface area contributed by atoms with Crippen molar-refractivity contribution in [3.05, 3.63) is 76.2 Å². The molecule has 0 atom stereocenters. The van der Waals surface area contributed by atoms with Crippen LogP contribution in [0.2, 0.25) is 5.02 Å². The summed E-state index contributed by atoms with van der Waals surface area (Å²) in [4.78, 5) is 5.18. The summed E-state index contributed by atoms with van der Waals surface area (Å²) in [5.41, 5.74) is 4.61. The highest BCUT2D eigenvalue weighted by molar-refractivity contribution is 7.99. The average Bonchev–Trinajstić information content (AvgIpc) is 2.91. The van der Waals surface area contributed by atoms with Gasteiger partial charge in [-0.25, -0.2) is 0 Å². The number of benzene rings is 1. The van der Waals surface area contributed by atoms with E-state index in [1.54, 1.807) is 18.9 Å². The van der Waals surface area contributed by atoms with Gasteiger partial charge in [0.2, 0.25) is 0 Å². The Morgan fingerprint density at radius 1 is 1.12 bits per heavy atom. The number of alkyl halides is 1. The molecule has 0 spiro atoms. The molecule has 0 aliphatic rings. The average molecular weight is 407 g/mol. The predicted octanol–water partition coefficient (Wildman–Crippen LogP) is 5.93. The molecule has 6 heteroatoms. The first-order chi connectivity index (χ1) is 12.6. The molecule has 0 aliphatic heterocycles. The van der Waals surface area contributed by atoms with Gasteiger partial charge in [0.15, 0.2) is 0 Å². The molecule has 0 N–H and O–H groups in total. The van der Waals surface area contributed by atoms with Crippen LogP contribution in [0, 0.1) is 6.92 Å². The fraction of sp³-hybridized carbons (Fsp3) is 0.250. The number of methoxy groups -OCH3 is 1. The van der Waals surface area contributed by atoms with Gasteiger partial charge >= 0.3 is 0 Å². The number of pyridine rings is 1. The van der Waals surface area contributed by atoms with Gasteiger partial charge in [-0.1, -0.05) is 23.4 Å². The zero-order chi connectivity index (χ0) is 18.5. The zero-order valence-electron chi connectivity index (χ0n) is 14.7. The third-order valence-electron chi connectivity index (χ3n) is 4.13. The van der Waals surface area contributed by atoms with E-state index in [9.17, 15) is 0 Å². The smallest absolute Gasteiger partial charge is 0.0805 e. The van der Waals surface area contributed by atoms with Crippen molar-refractivity contribution >= 4 is 35.0 Å². The quantitative estimate of drug-likeness (QED) is 0.454. The first kappa shape index (κ1) is 19.3. The van der Waals surface area contributed by atoms with Crippen molar-refractivity contribution in [2.45, 2.75) is 35.9 Å². The molecule has 26 heavy (non-hydrogen) atoms. The largest absolute Gasteiger partial charge is 0.380 e. The Labute approximate surface area is 168 Å². The molecule has 2 heterocycles. The lowest BCUT2D eigenvalue weighted by molar-refractivity contribution is 0.184. The molecule has 0 amide bonds. The maximum absolute atomic E-state index is 6.25. The van der Waals surface area contributed by atoms with Crippen molar-refractivity contribution in [1.29, 1.82) is 0 Å². The fourth-order valence-electron chi connectivity index (χ4n) is 2.80. The summed E-state index contributed by atoms with van der Waals surface area (Å²) in [6.07, 6.45) is 3.64. The van der Waals surface area contributed by atoms with Gasteiger partial charge in [0, 0.05) is 47.5 Å². The monoisotopic (exact) mass is 406 g/mol. The van der Waals surface area contributed by atoms with Crippen LogP contribution in [-0.4, -0.2) is 16.7 Å². The summed E-state index contributed by atoms with van der Waals surface area (Å²) in [5.74, 6) is 0.445. The standard InChI is InChI=1S/C20H20Cl2N2OS/c1-14-17(13-25-2)9-20(24(14)12-15-3-5-23-6-4-15)26-19-8-16(11-21)7-18(22)10-19/h3-10H,11-13H2,1-2H3. The molecule has 3 rings (SSSR count). The summed E-state index contributed by atoms with van der Waals surface area (Å²) in [6.45, 7) is 3.50. The first-order valence-corrected chi connectivity index (χ1v) is 9.93. The van der Waals surface area contributed by atoms with Crippen LogP contribution < -0.4 is 0 Å². The van der Waals surface area contributed by atoms with E-state index in [0.717, 1.165) is 22.0 Å². The molecule has 1 aromatic carbocycles. The summed E-state index contributed by atoms with van der Waals surface area (Å²) >= 11 is 13.9. The van der Waals surface area contributed by atoms with Crippen molar-refractivity contribution in [3.63, 3.8) is 0 Å². The number of ether oxygens (including phenoxy) is 1. The van der Waals surface area contributed by atoms with Crippen molar-refractivity contribution in [2.24, 2.45) is 0 Å². The number of aromatic nitrogens is 2. The second kappa shape index (κ2) is 8.96. The van der Waals surface area contributed by atoms with Crippen LogP contribution in [0.15, 0.2) is 58.7 Å². The highest BCUT2D eigenvalue weighted by atomic mass is 35.5. The van der Waals surface area contributed by atoms with Gasteiger partial charge in [-0.2, -0.15) is 0 Å². The third kappa shape index (κ3) is 4.63. The van der Waals surface area contributed by atoms with Crippen LogP contribution in [0.4, 0.5) is 0 Å². The highest BCUT2D eigenvalue weighted by Crippen LogP contribution is 2.34. The van der Waals surface area contributed by atoms with E-state index in [-0.39, 0.29) is 0 Å². The van der Waals surface area contributed by atoms with E-state index < -0.39 is 0 Å². The topological polar surface area (TPSA) is 27.1 Å². The number of nitrogens with zero attached hydrogens (tertiary/aromatic N) is 2. The lowest BCUT2D eigenvalue weighted by Gasteiger charge is -2.12. The van der Waals surface area contributed by atoms with E-state index in [0.29, 0.717) is 17.5 Å². The van der Waals surface area contributed by atoms with Crippen molar-refractivity contribution in [2.75, 3.05) is 7.11 Å². The van der Waals surface area contributed by atoms with Gasteiger partial charge in [0.25, 0.3) is 0 Å². The molecule has 0 unspecified atom stereocenters. The number of rotatable bonds is 7. The van der Waals surface area contributed by atoms with Crippen LogP contribution in [0.5, 0.6) is 0 Å². The Morgan fingerprint density at radius 2 is 1.88 bits per heavy atom. The fourth-order valence-corrected chi connectivity index (χ4v) is 4.43. The van der Waals surface area contributed by atoms with E-state index in [1.807, 2.05) is 36.7 Å². The molecule has 3 aromatic rings. The molecule has 0 saturated carbocycles. The molecular formula is C20H20Cl2N2OS. The molecule has 0 aliphatic carbocycles. The molecule has 136 valence electrons. The van der Waals surface area contributed by atoms with Crippen molar-refractivity contribution < 1.29 is 4.74 Å². The first-order valence-electron chi connectivity index (χ1n) is 8.21. The number of hydrogen-bond donors (Lipinski definition) is 0. The van der Waals surface area contributed by atoms with E-state index in [4.69, 9.17) is 27.9 Å². The van der Waals surface area contributed by atoms with Crippen molar-refractivity contribution in [1.82, 2.24) is 9.55 Å². The van der Waals surface area contributed by atoms with Gasteiger partial charge in [-0.05, 0) is 60.0 Å². The van der Waals surface area contributed by atoms with E-state index in [1.165, 1.54) is 16.8 Å². The Bertz CT molecular complexity index is 881. The van der Waals surface area contributed by atoms with Crippen LogP contribution >= 0.6 is 35.0 Å². The second-order valence-corrected chi connectivity index (χ2v) is 7.80. The molecule has 3 nitrogen and oxygen atoms in total. The SMILES string of the molecule is COCc1cc(Sc2cc(Cl)cc(CCl)c2)n(Cc2ccncc2)c1C. The third-order valence-corrected chi connectivity index (χ3v) is 5.68. The van der Waals surface area contributed by atoms with Gasteiger partial charge in [-0.15, -0.1) is 11.6 Å². The summed E-state index contributed by atoms with van der Waals surface area (Å²) in [7, 11) is 1.72. The van der Waals surface area contributed by atoms with Gasteiger partial charge in [-0.3, -0.25) is 4.98 Å². The van der Waals surface area contributed by atoms with E-state index in [2.05, 4.69) is 28.6 Å². The minimum absolute atomic E-state index is 0.445. The Morgan fingerprint density at radius 3 is 2.58 bits per heavy atom. The molecule has 0 bridgehead atoms. The second-order valence-electron chi connectivity index (χ2n) is 6.00. The van der Waals surface area contributed by atoms with Gasteiger partial charge in [0.05, 0.1) is 11.6 Å². The Balaban J connectivity index is 1.97. The van der Waals surface area contributed by atoms with Crippen LogP contribution in [0.1, 0.15) is 22.4 Å². The summed E-state index contributed by atoms with van der Waals surface area (Å²) in [5, 5.41) is 1.85. The highest BCUT2D eigenvalue weighted by Gasteiger charge is 2.14. The maximum atomic E-state index is 6.25. The molecule has 0 radical (unpaired) electrons. The molecule has 2 aromatic heterocycles. The van der Waals surface area contributed by atoms with Crippen LogP contribution in [0.25, 0.3) is 0 Å². The lowest BCUT2D eigenvalue weighted by Crippen LogP contribution is -2.04.